The van der Waals surface area contributed by atoms with E-state index in [2.05, 4.69) is 67.8 Å². The van der Waals surface area contributed by atoms with E-state index in [0.29, 0.717) is 19.4 Å². The quantitative estimate of drug-likeness (QED) is 0.0195. The number of aliphatic hydroxyl groups excluding tert-OH is 5. The third-order valence-corrected chi connectivity index (χ3v) is 17.1. The zero-order valence-corrected chi connectivity index (χ0v) is 55.8. The first-order valence-electron chi connectivity index (χ1n) is 36.6. The number of nitrogens with one attached hydrogen (secondary N) is 1. The van der Waals surface area contributed by atoms with E-state index in [0.717, 1.165) is 64.2 Å². The Morgan fingerprint density at radius 2 is 0.791 bits per heavy atom. The maximum absolute atomic E-state index is 13.0. The SMILES string of the molecule is CCCCC/C=C/CC/C=C/C(O)C(COC1OC(CO)C(O)C(O)C1O)NC(=O)CCCCCCCCCCCCCCCCCCC/C=C\C/C=C\CCCCCCCCCCCOC(=O)CCCCCCC/C=C\CCCCCCCCC. The summed E-state index contributed by atoms with van der Waals surface area (Å²) in [6, 6.07) is -0.826. The van der Waals surface area contributed by atoms with E-state index in [4.69, 9.17) is 14.2 Å². The third-order valence-electron chi connectivity index (χ3n) is 17.1. The van der Waals surface area contributed by atoms with Crippen molar-refractivity contribution in [2.45, 2.75) is 384 Å². The molecule has 0 spiro atoms. The van der Waals surface area contributed by atoms with Crippen LogP contribution in [0.1, 0.15) is 341 Å². The Hall–Kier alpha value is -2.64. The molecule has 11 nitrogen and oxygen atoms in total. The van der Waals surface area contributed by atoms with Crippen molar-refractivity contribution >= 4 is 11.9 Å². The minimum atomic E-state index is -1.58. The molecule has 1 rings (SSSR count). The number of hydrogen-bond acceptors (Lipinski definition) is 10. The molecule has 1 saturated heterocycles. The Kier molecular flexibility index (Phi) is 60.5. The number of aliphatic hydroxyl groups is 5. The highest BCUT2D eigenvalue weighted by Crippen LogP contribution is 2.23. The molecule has 1 aliphatic rings. The summed E-state index contributed by atoms with van der Waals surface area (Å²) in [5, 5.41) is 54.3. The summed E-state index contributed by atoms with van der Waals surface area (Å²) >= 11 is 0. The van der Waals surface area contributed by atoms with Gasteiger partial charge >= 0.3 is 5.97 Å². The molecule has 0 aromatic carbocycles. The third kappa shape index (κ3) is 52.2. The molecule has 1 aliphatic heterocycles. The van der Waals surface area contributed by atoms with Gasteiger partial charge in [0.05, 0.1) is 32.0 Å². The number of hydrogen-bond donors (Lipinski definition) is 6. The summed E-state index contributed by atoms with van der Waals surface area (Å²) < 4.78 is 16.7. The first kappa shape index (κ1) is 81.4. The van der Waals surface area contributed by atoms with Gasteiger partial charge in [-0.3, -0.25) is 9.59 Å². The van der Waals surface area contributed by atoms with Crippen molar-refractivity contribution in [2.75, 3.05) is 19.8 Å². The molecule has 0 bridgehead atoms. The first-order valence-corrected chi connectivity index (χ1v) is 36.6. The lowest BCUT2D eigenvalue weighted by atomic mass is 9.99. The van der Waals surface area contributed by atoms with Crippen LogP contribution in [-0.2, 0) is 23.8 Å². The monoisotopic (exact) mass is 1210 g/mol. The van der Waals surface area contributed by atoms with Gasteiger partial charge in [-0.15, -0.1) is 0 Å². The van der Waals surface area contributed by atoms with Crippen LogP contribution in [0.3, 0.4) is 0 Å². The van der Waals surface area contributed by atoms with Crippen LogP contribution in [0, 0.1) is 0 Å². The van der Waals surface area contributed by atoms with E-state index < -0.39 is 49.5 Å². The van der Waals surface area contributed by atoms with Crippen LogP contribution in [0.2, 0.25) is 0 Å². The largest absolute Gasteiger partial charge is 0.466 e. The van der Waals surface area contributed by atoms with E-state index in [9.17, 15) is 35.1 Å². The fourth-order valence-corrected chi connectivity index (χ4v) is 11.3. The number of unbranched alkanes of at least 4 members (excludes halogenated alkanes) is 42. The highest BCUT2D eigenvalue weighted by atomic mass is 16.7. The van der Waals surface area contributed by atoms with Gasteiger partial charge in [-0.1, -0.05) is 286 Å². The summed E-state index contributed by atoms with van der Waals surface area (Å²) in [7, 11) is 0. The van der Waals surface area contributed by atoms with Crippen LogP contribution in [0.4, 0.5) is 0 Å². The molecule has 6 N–H and O–H groups in total. The van der Waals surface area contributed by atoms with Gasteiger partial charge < -0.3 is 45.1 Å². The standard InChI is InChI=1S/C75H137NO10/c1-3-5-7-9-11-13-14-15-16-37-40-43-47-51-55-59-63-71(80)84-64-60-56-52-48-44-41-38-35-33-31-29-27-25-23-21-19-17-18-20-22-24-26-28-30-32-34-36-39-42-46-50-54-58-62-70(79)76-67(68(78)61-57-53-49-45-12-10-8-6-4-2)66-85-75-74(83)73(82)72(81)69(65-77)86-75/h12,16,21,23,27,29,37,45,57,61,67-69,72-75,77-78,81-83H,3-11,13-15,17-20,22,24-26,28,30-36,38-44,46-56,58-60,62-66H2,1-2H3,(H,76,79)/b23-21-,29-27-,37-16-,45-12+,61-57+. The van der Waals surface area contributed by atoms with E-state index in [-0.39, 0.29) is 18.5 Å². The topological polar surface area (TPSA) is 175 Å². The normalized spacial score (nSPS) is 18.2. The second-order valence-corrected chi connectivity index (χ2v) is 25.3. The van der Waals surface area contributed by atoms with Crippen molar-refractivity contribution in [1.29, 1.82) is 0 Å². The van der Waals surface area contributed by atoms with Gasteiger partial charge in [-0.25, -0.2) is 0 Å². The summed E-state index contributed by atoms with van der Waals surface area (Å²) in [6.07, 6.45) is 75.3. The van der Waals surface area contributed by atoms with Crippen molar-refractivity contribution in [2.24, 2.45) is 0 Å². The number of allylic oxidation sites excluding steroid dienone is 9. The molecule has 1 amide bonds. The second kappa shape index (κ2) is 63.9. The Bertz CT molecular complexity index is 1610. The number of carbonyl (C=O) groups is 2. The number of carbonyl (C=O) groups excluding carboxylic acids is 2. The van der Waals surface area contributed by atoms with Crippen LogP contribution < -0.4 is 5.32 Å². The van der Waals surface area contributed by atoms with Crippen molar-refractivity contribution in [1.82, 2.24) is 5.32 Å². The van der Waals surface area contributed by atoms with Crippen molar-refractivity contribution < 1.29 is 49.3 Å². The summed E-state index contributed by atoms with van der Waals surface area (Å²) in [5.41, 5.74) is 0. The fourth-order valence-electron chi connectivity index (χ4n) is 11.3. The number of esters is 1. The zero-order valence-electron chi connectivity index (χ0n) is 55.8. The molecule has 0 saturated carbocycles. The molecule has 7 unspecified atom stereocenters. The minimum Gasteiger partial charge on any atom is -0.466 e. The fraction of sp³-hybridized carbons (Fsp3) is 0.840. The first-order chi connectivity index (χ1) is 42.2. The zero-order chi connectivity index (χ0) is 62.3. The predicted molar refractivity (Wildman–Crippen MR) is 361 cm³/mol. The Morgan fingerprint density at radius 1 is 0.430 bits per heavy atom. The molecule has 502 valence electrons. The molecule has 0 radical (unpaired) electrons. The molecular weight excluding hydrogens is 1070 g/mol. The van der Waals surface area contributed by atoms with Crippen molar-refractivity contribution in [3.8, 4) is 0 Å². The lowest BCUT2D eigenvalue weighted by Crippen LogP contribution is -2.60. The van der Waals surface area contributed by atoms with E-state index in [1.807, 2.05) is 6.08 Å². The van der Waals surface area contributed by atoms with Crippen molar-refractivity contribution in [3.05, 3.63) is 60.8 Å². The maximum atomic E-state index is 13.0. The van der Waals surface area contributed by atoms with Crippen LogP contribution in [0.5, 0.6) is 0 Å². The van der Waals surface area contributed by atoms with Gasteiger partial charge in [0.2, 0.25) is 5.91 Å². The molecule has 1 heterocycles. The molecule has 11 heteroatoms. The Labute approximate surface area is 528 Å². The molecule has 0 aromatic heterocycles. The highest BCUT2D eigenvalue weighted by Gasteiger charge is 2.44. The summed E-state index contributed by atoms with van der Waals surface area (Å²) in [4.78, 5) is 25.1. The molecular formula is C75H137NO10. The van der Waals surface area contributed by atoms with Crippen molar-refractivity contribution in [3.63, 3.8) is 0 Å². The second-order valence-electron chi connectivity index (χ2n) is 25.3. The molecule has 7 atom stereocenters. The van der Waals surface area contributed by atoms with Crippen LogP contribution in [-0.4, -0.2) is 100 Å². The van der Waals surface area contributed by atoms with Gasteiger partial charge in [0.15, 0.2) is 6.29 Å². The molecule has 1 fully saturated rings. The molecule has 0 aromatic rings. The van der Waals surface area contributed by atoms with Crippen LogP contribution in [0.25, 0.3) is 0 Å². The molecule has 86 heavy (non-hydrogen) atoms. The highest BCUT2D eigenvalue weighted by molar-refractivity contribution is 5.76. The van der Waals surface area contributed by atoms with Gasteiger partial charge in [0.1, 0.15) is 24.4 Å². The van der Waals surface area contributed by atoms with Crippen LogP contribution >= 0.6 is 0 Å². The lowest BCUT2D eigenvalue weighted by Gasteiger charge is -2.40. The summed E-state index contributed by atoms with van der Waals surface area (Å²) in [6.45, 7) is 4.29. The average Bonchev–Trinajstić information content (AvgIpc) is 3.02. The van der Waals surface area contributed by atoms with Gasteiger partial charge in [-0.05, 0) is 103 Å². The van der Waals surface area contributed by atoms with Gasteiger partial charge in [0.25, 0.3) is 0 Å². The van der Waals surface area contributed by atoms with Crippen LogP contribution in [0.15, 0.2) is 60.8 Å². The summed E-state index contributed by atoms with van der Waals surface area (Å²) in [5.74, 6) is -0.193. The van der Waals surface area contributed by atoms with Gasteiger partial charge in [-0.2, -0.15) is 0 Å². The van der Waals surface area contributed by atoms with Gasteiger partial charge in [0, 0.05) is 12.8 Å². The number of amides is 1. The van der Waals surface area contributed by atoms with E-state index in [1.54, 1.807) is 6.08 Å². The molecule has 0 aliphatic carbocycles. The van der Waals surface area contributed by atoms with E-state index >= 15 is 0 Å². The van der Waals surface area contributed by atoms with E-state index in [1.165, 1.54) is 250 Å². The maximum Gasteiger partial charge on any atom is 0.305 e. The smallest absolute Gasteiger partial charge is 0.305 e. The Morgan fingerprint density at radius 3 is 1.24 bits per heavy atom. The average molecular weight is 1210 g/mol. The Balaban J connectivity index is 1.91. The number of ether oxygens (including phenoxy) is 3. The minimum absolute atomic E-state index is 0.000827. The predicted octanol–water partition coefficient (Wildman–Crippen LogP) is 18.9. The number of rotatable bonds is 64. The lowest BCUT2D eigenvalue weighted by molar-refractivity contribution is -0.302.